The summed E-state index contributed by atoms with van der Waals surface area (Å²) in [5.74, 6) is -0.361. The Morgan fingerprint density at radius 3 is 2.70 bits per heavy atom. The van der Waals surface area contributed by atoms with Gasteiger partial charge in [-0.05, 0) is 12.1 Å². The summed E-state index contributed by atoms with van der Waals surface area (Å²) in [4.78, 5) is 26.1. The molecule has 0 aliphatic rings. The molecule has 0 spiro atoms. The quantitative estimate of drug-likeness (QED) is 0.359. The molecular weight excluding hydrogens is 343 g/mol. The van der Waals surface area contributed by atoms with Crippen molar-refractivity contribution in [3.8, 4) is 0 Å². The largest absolute Gasteiger partial charge is 0.378 e. The van der Waals surface area contributed by atoms with Gasteiger partial charge in [-0.3, -0.25) is 14.9 Å². The fourth-order valence-corrected chi connectivity index (χ4v) is 2.07. The zero-order valence-corrected chi connectivity index (χ0v) is 13.3. The summed E-state index contributed by atoms with van der Waals surface area (Å²) in [6.45, 7) is 0.594. The first-order valence-electron chi connectivity index (χ1n) is 6.55. The zero-order valence-electron chi connectivity index (χ0n) is 11.8. The van der Waals surface area contributed by atoms with Crippen molar-refractivity contribution in [3.63, 3.8) is 0 Å². The summed E-state index contributed by atoms with van der Waals surface area (Å²) >= 11 is 11.5. The van der Waals surface area contributed by atoms with E-state index in [1.54, 1.807) is 18.2 Å². The van der Waals surface area contributed by atoms with Crippen molar-refractivity contribution >= 4 is 40.5 Å². The Balaban J connectivity index is 1.87. The topological polar surface area (TPSA) is 97.2 Å². The fourth-order valence-electron chi connectivity index (χ4n) is 1.80. The van der Waals surface area contributed by atoms with Crippen LogP contribution in [0.1, 0.15) is 10.4 Å². The molecule has 0 unspecified atom stereocenters. The number of para-hydroxylation sites is 2. The van der Waals surface area contributed by atoms with Crippen molar-refractivity contribution in [3.05, 3.63) is 62.4 Å². The minimum absolute atomic E-state index is 0.0208. The molecule has 0 radical (unpaired) electrons. The number of nitrogens with zero attached hydrogens (tertiary/aromatic N) is 2. The first-order valence-corrected chi connectivity index (χ1v) is 7.31. The summed E-state index contributed by atoms with van der Waals surface area (Å²) in [5, 5.41) is 16.7. The van der Waals surface area contributed by atoms with Crippen molar-refractivity contribution in [2.24, 2.45) is 0 Å². The van der Waals surface area contributed by atoms with Crippen LogP contribution in [0.15, 0.2) is 36.5 Å². The third kappa shape index (κ3) is 4.54. The Morgan fingerprint density at radius 1 is 1.26 bits per heavy atom. The summed E-state index contributed by atoms with van der Waals surface area (Å²) in [7, 11) is 0. The average molecular weight is 355 g/mol. The Morgan fingerprint density at radius 2 is 2.00 bits per heavy atom. The molecule has 0 saturated heterocycles. The van der Waals surface area contributed by atoms with Crippen LogP contribution >= 0.6 is 23.2 Å². The van der Waals surface area contributed by atoms with Crippen LogP contribution in [0.3, 0.4) is 0 Å². The van der Waals surface area contributed by atoms with E-state index in [0.717, 1.165) is 0 Å². The Bertz CT molecular complexity index is 740. The van der Waals surface area contributed by atoms with Gasteiger partial charge in [-0.2, -0.15) is 0 Å². The molecule has 9 heteroatoms. The molecule has 2 rings (SSSR count). The van der Waals surface area contributed by atoms with Gasteiger partial charge in [0.05, 0.1) is 15.5 Å². The third-order valence-corrected chi connectivity index (χ3v) is 3.57. The molecule has 1 aromatic heterocycles. The summed E-state index contributed by atoms with van der Waals surface area (Å²) in [6.07, 6.45) is 1.32. The number of hydrogen-bond donors (Lipinski definition) is 2. The highest BCUT2D eigenvalue weighted by Crippen LogP contribution is 2.22. The maximum absolute atomic E-state index is 11.9. The van der Waals surface area contributed by atoms with Crippen LogP contribution in [0.25, 0.3) is 0 Å². The number of rotatable bonds is 6. The van der Waals surface area contributed by atoms with Gasteiger partial charge < -0.3 is 10.6 Å². The lowest BCUT2D eigenvalue weighted by molar-refractivity contribution is -0.384. The molecule has 1 heterocycles. The van der Waals surface area contributed by atoms with Gasteiger partial charge in [0.15, 0.2) is 0 Å². The number of nitro groups is 1. The van der Waals surface area contributed by atoms with Gasteiger partial charge in [-0.25, -0.2) is 4.98 Å². The lowest BCUT2D eigenvalue weighted by atomic mass is 10.2. The second-order valence-corrected chi connectivity index (χ2v) is 5.22. The zero-order chi connectivity index (χ0) is 16.8. The van der Waals surface area contributed by atoms with E-state index < -0.39 is 4.92 Å². The van der Waals surface area contributed by atoms with E-state index >= 15 is 0 Å². The first-order chi connectivity index (χ1) is 11.0. The number of hydrogen-bond acceptors (Lipinski definition) is 5. The highest BCUT2D eigenvalue weighted by Gasteiger charge is 2.12. The van der Waals surface area contributed by atoms with Crippen LogP contribution in [0.2, 0.25) is 10.2 Å². The van der Waals surface area contributed by atoms with Crippen LogP contribution in [-0.4, -0.2) is 28.9 Å². The van der Waals surface area contributed by atoms with E-state index in [9.17, 15) is 14.9 Å². The van der Waals surface area contributed by atoms with Gasteiger partial charge in [-0.1, -0.05) is 35.3 Å². The number of carbonyl (C=O) groups is 1. The molecule has 23 heavy (non-hydrogen) atoms. The lowest BCUT2D eigenvalue weighted by Crippen LogP contribution is -2.29. The summed E-state index contributed by atoms with van der Waals surface area (Å²) in [6, 6.07) is 7.70. The van der Waals surface area contributed by atoms with E-state index in [0.29, 0.717) is 12.2 Å². The number of pyridine rings is 1. The molecule has 0 atom stereocenters. The Hall–Kier alpha value is -2.38. The lowest BCUT2D eigenvalue weighted by Gasteiger charge is -2.08. The van der Waals surface area contributed by atoms with Crippen molar-refractivity contribution in [1.29, 1.82) is 0 Å². The predicted molar refractivity (Wildman–Crippen MR) is 88.2 cm³/mol. The van der Waals surface area contributed by atoms with E-state index in [1.807, 2.05) is 0 Å². The monoisotopic (exact) mass is 354 g/mol. The summed E-state index contributed by atoms with van der Waals surface area (Å²) < 4.78 is 0. The number of anilines is 1. The van der Waals surface area contributed by atoms with E-state index in [2.05, 4.69) is 15.6 Å². The van der Waals surface area contributed by atoms with Gasteiger partial charge >= 0.3 is 0 Å². The number of nitro benzene ring substituents is 1. The standard InChI is InChI=1S/C14H12Cl2N4O3/c15-10-7-9(8-19-13(10)16)14(21)18-6-5-17-11-3-1-2-4-12(11)20(22)23/h1-4,7-8,17H,5-6H2,(H,18,21). The maximum Gasteiger partial charge on any atom is 0.292 e. The minimum atomic E-state index is -0.470. The second-order valence-electron chi connectivity index (χ2n) is 4.45. The molecule has 1 amide bonds. The third-order valence-electron chi connectivity index (χ3n) is 2.89. The second kappa shape index (κ2) is 7.75. The minimum Gasteiger partial charge on any atom is -0.378 e. The predicted octanol–water partition coefficient (Wildman–Crippen LogP) is 3.14. The smallest absolute Gasteiger partial charge is 0.292 e. The van der Waals surface area contributed by atoms with Gasteiger partial charge in [0.1, 0.15) is 10.8 Å². The fraction of sp³-hybridized carbons (Fsp3) is 0.143. The molecule has 0 fully saturated rings. The highest BCUT2D eigenvalue weighted by atomic mass is 35.5. The molecule has 0 aliphatic heterocycles. The molecule has 120 valence electrons. The van der Waals surface area contributed by atoms with E-state index in [4.69, 9.17) is 23.2 Å². The number of halogens is 2. The molecule has 0 aliphatic carbocycles. The number of nitrogens with one attached hydrogen (secondary N) is 2. The van der Waals surface area contributed by atoms with Crippen molar-refractivity contribution in [2.45, 2.75) is 0 Å². The number of carbonyl (C=O) groups excluding carboxylic acids is 1. The highest BCUT2D eigenvalue weighted by molar-refractivity contribution is 6.41. The number of amides is 1. The molecule has 0 bridgehead atoms. The molecule has 0 saturated carbocycles. The molecule has 2 N–H and O–H groups in total. The van der Waals surface area contributed by atoms with Gasteiger partial charge in [0.25, 0.3) is 11.6 Å². The average Bonchev–Trinajstić information content (AvgIpc) is 2.54. The Labute approximate surface area is 141 Å². The van der Waals surface area contributed by atoms with Crippen LogP contribution in [0.4, 0.5) is 11.4 Å². The molecule has 7 nitrogen and oxygen atoms in total. The van der Waals surface area contributed by atoms with E-state index in [1.165, 1.54) is 18.3 Å². The number of aromatic nitrogens is 1. The molecule has 1 aromatic carbocycles. The molecule has 2 aromatic rings. The van der Waals surface area contributed by atoms with Crippen LogP contribution in [0, 0.1) is 10.1 Å². The van der Waals surface area contributed by atoms with E-state index in [-0.39, 0.29) is 33.9 Å². The summed E-state index contributed by atoms with van der Waals surface area (Å²) in [5.41, 5.74) is 0.653. The normalized spacial score (nSPS) is 10.2. The maximum atomic E-state index is 11.9. The number of benzene rings is 1. The van der Waals surface area contributed by atoms with Crippen molar-refractivity contribution < 1.29 is 9.72 Å². The van der Waals surface area contributed by atoms with Gasteiger partial charge in [0, 0.05) is 25.4 Å². The first kappa shape index (κ1) is 17.0. The van der Waals surface area contributed by atoms with Gasteiger partial charge in [-0.15, -0.1) is 0 Å². The van der Waals surface area contributed by atoms with Crippen molar-refractivity contribution in [1.82, 2.24) is 10.3 Å². The van der Waals surface area contributed by atoms with Crippen LogP contribution < -0.4 is 10.6 Å². The molecular formula is C14H12Cl2N4O3. The SMILES string of the molecule is O=C(NCCNc1ccccc1[N+](=O)[O-])c1cnc(Cl)c(Cl)c1. The van der Waals surface area contributed by atoms with Gasteiger partial charge in [0.2, 0.25) is 0 Å². The Kier molecular flexibility index (Phi) is 5.72. The van der Waals surface area contributed by atoms with Crippen LogP contribution in [-0.2, 0) is 0 Å². The van der Waals surface area contributed by atoms with Crippen molar-refractivity contribution in [2.75, 3.05) is 18.4 Å². The van der Waals surface area contributed by atoms with Crippen LogP contribution in [0.5, 0.6) is 0 Å².